The van der Waals surface area contributed by atoms with Crippen LogP contribution in [-0.2, 0) is 13.0 Å². The summed E-state index contributed by atoms with van der Waals surface area (Å²) in [7, 11) is 0. The molecule has 0 bridgehead atoms. The van der Waals surface area contributed by atoms with Gasteiger partial charge in [-0.25, -0.2) is 4.79 Å². The molecule has 2 aromatic carbocycles. The Labute approximate surface area is 118 Å². The molecule has 2 aromatic rings. The van der Waals surface area contributed by atoms with Crippen LogP contribution in [0.4, 0.5) is 4.79 Å². The first-order valence-corrected chi connectivity index (χ1v) is 6.58. The number of benzene rings is 2. The number of urea groups is 1. The van der Waals surface area contributed by atoms with E-state index in [2.05, 4.69) is 10.6 Å². The standard InChI is InChI=1S/C16H18N2O2/c19-15-9-5-4-8-14(15)10-11-17-16(20)18-12-13-6-2-1-3-7-13/h1-9,19H,10-12H2,(H2,17,18,20). The van der Waals surface area contributed by atoms with Gasteiger partial charge in [-0.2, -0.15) is 0 Å². The number of phenols is 1. The van der Waals surface area contributed by atoms with Crippen LogP contribution in [0.2, 0.25) is 0 Å². The summed E-state index contributed by atoms with van der Waals surface area (Å²) in [5.41, 5.74) is 1.89. The monoisotopic (exact) mass is 270 g/mol. The fraction of sp³-hybridized carbons (Fsp3) is 0.188. The van der Waals surface area contributed by atoms with Gasteiger partial charge in [-0.3, -0.25) is 0 Å². The van der Waals surface area contributed by atoms with Gasteiger partial charge in [0.2, 0.25) is 0 Å². The highest BCUT2D eigenvalue weighted by Gasteiger charge is 2.02. The van der Waals surface area contributed by atoms with Crippen molar-refractivity contribution in [2.45, 2.75) is 13.0 Å². The van der Waals surface area contributed by atoms with E-state index in [4.69, 9.17) is 0 Å². The molecule has 0 radical (unpaired) electrons. The maximum Gasteiger partial charge on any atom is 0.315 e. The number of rotatable bonds is 5. The van der Waals surface area contributed by atoms with Gasteiger partial charge in [-0.05, 0) is 23.6 Å². The first kappa shape index (κ1) is 13.9. The van der Waals surface area contributed by atoms with E-state index in [9.17, 15) is 9.90 Å². The molecule has 0 unspecified atom stereocenters. The number of hydrogen-bond acceptors (Lipinski definition) is 2. The highest BCUT2D eigenvalue weighted by atomic mass is 16.3. The number of phenolic OH excluding ortho intramolecular Hbond substituents is 1. The van der Waals surface area contributed by atoms with Crippen LogP contribution >= 0.6 is 0 Å². The van der Waals surface area contributed by atoms with E-state index in [1.165, 1.54) is 0 Å². The Morgan fingerprint density at radius 1 is 0.950 bits per heavy atom. The molecule has 20 heavy (non-hydrogen) atoms. The Morgan fingerprint density at radius 3 is 2.40 bits per heavy atom. The number of amides is 2. The molecule has 0 aromatic heterocycles. The van der Waals surface area contributed by atoms with Gasteiger partial charge in [0.25, 0.3) is 0 Å². The molecule has 104 valence electrons. The van der Waals surface area contributed by atoms with Crippen LogP contribution < -0.4 is 10.6 Å². The maximum atomic E-state index is 11.6. The molecule has 2 rings (SSSR count). The van der Waals surface area contributed by atoms with E-state index in [0.717, 1.165) is 11.1 Å². The van der Waals surface area contributed by atoms with Crippen LogP contribution in [0.1, 0.15) is 11.1 Å². The number of carbonyl (C=O) groups excluding carboxylic acids is 1. The third-order valence-corrected chi connectivity index (χ3v) is 2.97. The number of aromatic hydroxyl groups is 1. The van der Waals surface area contributed by atoms with Gasteiger partial charge >= 0.3 is 6.03 Å². The quantitative estimate of drug-likeness (QED) is 0.781. The van der Waals surface area contributed by atoms with Crippen molar-refractivity contribution in [3.05, 3.63) is 65.7 Å². The van der Waals surface area contributed by atoms with E-state index < -0.39 is 0 Å². The minimum absolute atomic E-state index is 0.204. The summed E-state index contributed by atoms with van der Waals surface area (Å²) in [6.07, 6.45) is 0.603. The zero-order chi connectivity index (χ0) is 14.2. The molecule has 0 atom stereocenters. The summed E-state index contributed by atoms with van der Waals surface area (Å²) in [6.45, 7) is 0.988. The second-order valence-corrected chi connectivity index (χ2v) is 4.47. The summed E-state index contributed by atoms with van der Waals surface area (Å²) < 4.78 is 0. The third kappa shape index (κ3) is 4.31. The summed E-state index contributed by atoms with van der Waals surface area (Å²) in [6, 6.07) is 16.7. The van der Waals surface area contributed by atoms with Crippen LogP contribution in [0, 0.1) is 0 Å². The molecule has 4 heteroatoms. The highest BCUT2D eigenvalue weighted by molar-refractivity contribution is 5.73. The fourth-order valence-corrected chi connectivity index (χ4v) is 1.87. The SMILES string of the molecule is O=C(NCCc1ccccc1O)NCc1ccccc1. The normalized spacial score (nSPS) is 10.0. The van der Waals surface area contributed by atoms with E-state index in [1.807, 2.05) is 42.5 Å². The van der Waals surface area contributed by atoms with Crippen molar-refractivity contribution >= 4 is 6.03 Å². The Bertz CT molecular complexity index is 555. The molecule has 0 fully saturated rings. The molecule has 0 aliphatic carbocycles. The fourth-order valence-electron chi connectivity index (χ4n) is 1.87. The predicted molar refractivity (Wildman–Crippen MR) is 78.5 cm³/mol. The van der Waals surface area contributed by atoms with Crippen LogP contribution in [0.15, 0.2) is 54.6 Å². The highest BCUT2D eigenvalue weighted by Crippen LogP contribution is 2.15. The molecular weight excluding hydrogens is 252 g/mol. The number of carbonyl (C=O) groups is 1. The van der Waals surface area contributed by atoms with Gasteiger partial charge < -0.3 is 15.7 Å². The Hall–Kier alpha value is -2.49. The number of hydrogen-bond donors (Lipinski definition) is 3. The molecule has 0 spiro atoms. The minimum atomic E-state index is -0.204. The van der Waals surface area contributed by atoms with Crippen LogP contribution in [0.5, 0.6) is 5.75 Å². The topological polar surface area (TPSA) is 61.4 Å². The van der Waals surface area contributed by atoms with Crippen molar-refractivity contribution in [1.29, 1.82) is 0 Å². The van der Waals surface area contributed by atoms with Crippen molar-refractivity contribution in [3.8, 4) is 5.75 Å². The number of para-hydroxylation sites is 1. The maximum absolute atomic E-state index is 11.6. The van der Waals surface area contributed by atoms with Gasteiger partial charge in [0, 0.05) is 13.1 Å². The Balaban J connectivity index is 1.69. The average Bonchev–Trinajstić information content (AvgIpc) is 2.48. The largest absolute Gasteiger partial charge is 0.508 e. The second-order valence-electron chi connectivity index (χ2n) is 4.47. The smallest absolute Gasteiger partial charge is 0.315 e. The molecule has 4 nitrogen and oxygen atoms in total. The molecule has 0 aliphatic rings. The lowest BCUT2D eigenvalue weighted by atomic mass is 10.1. The van der Waals surface area contributed by atoms with Crippen molar-refractivity contribution in [3.63, 3.8) is 0 Å². The van der Waals surface area contributed by atoms with Gasteiger partial charge in [0.1, 0.15) is 5.75 Å². The molecule has 0 aliphatic heterocycles. The lowest BCUT2D eigenvalue weighted by Crippen LogP contribution is -2.36. The lowest BCUT2D eigenvalue weighted by molar-refractivity contribution is 0.240. The van der Waals surface area contributed by atoms with E-state index >= 15 is 0 Å². The summed E-state index contributed by atoms with van der Waals surface area (Å²) >= 11 is 0. The molecule has 3 N–H and O–H groups in total. The molecule has 0 saturated heterocycles. The van der Waals surface area contributed by atoms with Crippen molar-refractivity contribution in [1.82, 2.24) is 10.6 Å². The van der Waals surface area contributed by atoms with Crippen molar-refractivity contribution < 1.29 is 9.90 Å². The Kier molecular flexibility index (Phi) is 5.00. The first-order chi connectivity index (χ1) is 9.75. The first-order valence-electron chi connectivity index (χ1n) is 6.58. The predicted octanol–water partition coefficient (Wildman–Crippen LogP) is 2.43. The number of nitrogens with one attached hydrogen (secondary N) is 2. The molecule has 0 heterocycles. The third-order valence-electron chi connectivity index (χ3n) is 2.97. The van der Waals surface area contributed by atoms with Crippen molar-refractivity contribution in [2.24, 2.45) is 0 Å². The van der Waals surface area contributed by atoms with E-state index in [-0.39, 0.29) is 11.8 Å². The lowest BCUT2D eigenvalue weighted by Gasteiger charge is -2.08. The molecule has 0 saturated carbocycles. The van der Waals surface area contributed by atoms with Crippen LogP contribution in [-0.4, -0.2) is 17.7 Å². The Morgan fingerprint density at radius 2 is 1.65 bits per heavy atom. The zero-order valence-corrected chi connectivity index (χ0v) is 11.2. The van der Waals surface area contributed by atoms with Gasteiger partial charge in [0.15, 0.2) is 0 Å². The van der Waals surface area contributed by atoms with Crippen LogP contribution in [0.25, 0.3) is 0 Å². The summed E-state index contributed by atoms with van der Waals surface area (Å²) in [5, 5.41) is 15.2. The molecular formula is C16H18N2O2. The van der Waals surface area contributed by atoms with Crippen LogP contribution in [0.3, 0.4) is 0 Å². The average molecular weight is 270 g/mol. The zero-order valence-electron chi connectivity index (χ0n) is 11.2. The van der Waals surface area contributed by atoms with Gasteiger partial charge in [-0.15, -0.1) is 0 Å². The van der Waals surface area contributed by atoms with E-state index in [0.29, 0.717) is 19.5 Å². The summed E-state index contributed by atoms with van der Waals surface area (Å²) in [5.74, 6) is 0.263. The van der Waals surface area contributed by atoms with E-state index in [1.54, 1.807) is 12.1 Å². The molecule has 2 amide bonds. The minimum Gasteiger partial charge on any atom is -0.508 e. The van der Waals surface area contributed by atoms with Gasteiger partial charge in [-0.1, -0.05) is 48.5 Å². The van der Waals surface area contributed by atoms with Crippen molar-refractivity contribution in [2.75, 3.05) is 6.54 Å². The second kappa shape index (κ2) is 7.19. The van der Waals surface area contributed by atoms with Gasteiger partial charge in [0.05, 0.1) is 0 Å². The summed E-state index contributed by atoms with van der Waals surface area (Å²) in [4.78, 5) is 11.6.